The van der Waals surface area contributed by atoms with Crippen LogP contribution < -0.4 is 16.4 Å². The van der Waals surface area contributed by atoms with Crippen LogP contribution in [0.2, 0.25) is 0 Å². The zero-order chi connectivity index (χ0) is 19.8. The molecule has 1 heterocycles. The Kier molecular flexibility index (Phi) is 4.97. The molecule has 27 heavy (non-hydrogen) atoms. The van der Waals surface area contributed by atoms with Crippen LogP contribution in [0.5, 0.6) is 0 Å². The van der Waals surface area contributed by atoms with Gasteiger partial charge < -0.3 is 16.4 Å². The van der Waals surface area contributed by atoms with Gasteiger partial charge in [-0.2, -0.15) is 0 Å². The quantitative estimate of drug-likeness (QED) is 0.685. The van der Waals surface area contributed by atoms with Crippen LogP contribution in [0.4, 0.5) is 14.5 Å². The third-order valence-corrected chi connectivity index (χ3v) is 4.87. The molecule has 3 rings (SSSR count). The molecule has 0 bridgehead atoms. The second-order valence-electron chi connectivity index (χ2n) is 6.07. The third kappa shape index (κ3) is 3.30. The molecular weight excluding hydrogens is 422 g/mol. The molecule has 4 N–H and O–H groups in total. The maximum atomic E-state index is 13.4. The summed E-state index contributed by atoms with van der Waals surface area (Å²) in [5.74, 6) is -3.64. The minimum atomic E-state index is -1.61. The predicted molar refractivity (Wildman–Crippen MR) is 100 cm³/mol. The number of nitrogens with zero attached hydrogens (tertiary/aromatic N) is 1. The van der Waals surface area contributed by atoms with Gasteiger partial charge >= 0.3 is 0 Å². The SMILES string of the molecule is Cc1ccc(Br)cc1C1(C(N)=O)NC=NC1C(=O)Nc1ccc(F)c(F)c1. The maximum Gasteiger partial charge on any atom is 0.252 e. The fraction of sp³-hybridized carbons (Fsp3) is 0.167. The van der Waals surface area contributed by atoms with Crippen LogP contribution in [-0.4, -0.2) is 24.2 Å². The van der Waals surface area contributed by atoms with E-state index in [-0.39, 0.29) is 5.69 Å². The van der Waals surface area contributed by atoms with Crippen molar-refractivity contribution < 1.29 is 18.4 Å². The van der Waals surface area contributed by atoms with E-state index in [4.69, 9.17) is 5.73 Å². The number of benzene rings is 2. The van der Waals surface area contributed by atoms with E-state index >= 15 is 0 Å². The number of amides is 2. The normalized spacial score (nSPS) is 21.0. The highest BCUT2D eigenvalue weighted by Gasteiger charge is 2.52. The van der Waals surface area contributed by atoms with E-state index < -0.39 is 35.0 Å². The smallest absolute Gasteiger partial charge is 0.252 e. The molecule has 0 aliphatic carbocycles. The monoisotopic (exact) mass is 436 g/mol. The van der Waals surface area contributed by atoms with E-state index in [0.29, 0.717) is 10.0 Å². The number of primary amides is 1. The van der Waals surface area contributed by atoms with E-state index in [1.54, 1.807) is 25.1 Å². The summed E-state index contributed by atoms with van der Waals surface area (Å²) in [5, 5.41) is 5.26. The minimum absolute atomic E-state index is 0.0327. The highest BCUT2D eigenvalue weighted by molar-refractivity contribution is 9.10. The van der Waals surface area contributed by atoms with E-state index in [2.05, 4.69) is 31.6 Å². The van der Waals surface area contributed by atoms with Crippen molar-refractivity contribution >= 4 is 39.8 Å². The Balaban J connectivity index is 2.00. The number of rotatable bonds is 4. The van der Waals surface area contributed by atoms with E-state index in [1.807, 2.05) is 0 Å². The summed E-state index contributed by atoms with van der Waals surface area (Å²) >= 11 is 3.34. The Bertz CT molecular complexity index is 966. The average Bonchev–Trinajstić information content (AvgIpc) is 3.06. The Morgan fingerprint density at radius 1 is 1.22 bits per heavy atom. The second-order valence-corrected chi connectivity index (χ2v) is 6.99. The molecular formula is C18H15BrF2N4O2. The highest BCUT2D eigenvalue weighted by atomic mass is 79.9. The van der Waals surface area contributed by atoms with Gasteiger partial charge in [-0.3, -0.25) is 14.6 Å². The molecule has 0 spiro atoms. The maximum absolute atomic E-state index is 13.4. The largest absolute Gasteiger partial charge is 0.367 e. The van der Waals surface area contributed by atoms with Crippen molar-refractivity contribution in [3.05, 3.63) is 63.6 Å². The molecule has 2 atom stereocenters. The van der Waals surface area contributed by atoms with Crippen LogP contribution in [-0.2, 0) is 15.1 Å². The van der Waals surface area contributed by atoms with Crippen molar-refractivity contribution in [3.8, 4) is 0 Å². The lowest BCUT2D eigenvalue weighted by Crippen LogP contribution is -2.59. The van der Waals surface area contributed by atoms with Gasteiger partial charge in [0, 0.05) is 16.2 Å². The van der Waals surface area contributed by atoms with Crippen LogP contribution in [0.3, 0.4) is 0 Å². The first kappa shape index (κ1) is 19.0. The number of anilines is 1. The van der Waals surface area contributed by atoms with Crippen molar-refractivity contribution in [2.75, 3.05) is 5.32 Å². The van der Waals surface area contributed by atoms with Gasteiger partial charge in [0.25, 0.3) is 11.8 Å². The summed E-state index contributed by atoms with van der Waals surface area (Å²) in [6.45, 7) is 1.77. The summed E-state index contributed by atoms with van der Waals surface area (Å²) in [7, 11) is 0. The van der Waals surface area contributed by atoms with Gasteiger partial charge in [0.2, 0.25) is 0 Å². The molecule has 0 aromatic heterocycles. The van der Waals surface area contributed by atoms with Gasteiger partial charge in [0.05, 0.1) is 6.34 Å². The predicted octanol–water partition coefficient (Wildman–Crippen LogP) is 2.36. The highest BCUT2D eigenvalue weighted by Crippen LogP contribution is 2.34. The molecule has 6 nitrogen and oxygen atoms in total. The second kappa shape index (κ2) is 7.07. The Labute approximate surface area is 162 Å². The van der Waals surface area contributed by atoms with Gasteiger partial charge in [-0.05, 0) is 42.3 Å². The summed E-state index contributed by atoms with van der Waals surface area (Å²) in [4.78, 5) is 29.3. The molecule has 9 heteroatoms. The standard InChI is InChI=1S/C18H15BrF2N4O2/c1-9-2-3-10(19)6-12(9)18(17(22)27)15(23-8-24-18)16(26)25-11-4-5-13(20)14(21)7-11/h2-8,15H,1H3,(H2,22,27)(H,23,24)(H,25,26). The van der Waals surface area contributed by atoms with Crippen molar-refractivity contribution in [3.63, 3.8) is 0 Å². The lowest BCUT2D eigenvalue weighted by atomic mass is 9.80. The van der Waals surface area contributed by atoms with Gasteiger partial charge in [-0.1, -0.05) is 22.0 Å². The van der Waals surface area contributed by atoms with Crippen molar-refractivity contribution in [1.82, 2.24) is 5.32 Å². The van der Waals surface area contributed by atoms with Crippen LogP contribution in [0.15, 0.2) is 45.9 Å². The van der Waals surface area contributed by atoms with Gasteiger partial charge in [-0.15, -0.1) is 0 Å². The van der Waals surface area contributed by atoms with Crippen LogP contribution in [0.25, 0.3) is 0 Å². The first-order valence-corrected chi connectivity index (χ1v) is 8.67. The zero-order valence-electron chi connectivity index (χ0n) is 14.1. The molecule has 1 aliphatic rings. The first-order valence-electron chi connectivity index (χ1n) is 7.87. The van der Waals surface area contributed by atoms with Gasteiger partial charge in [0.1, 0.15) is 0 Å². The summed E-state index contributed by atoms with van der Waals surface area (Å²) in [6, 6.07) is 6.94. The Hall–Kier alpha value is -2.81. The molecule has 2 aromatic rings. The Morgan fingerprint density at radius 2 is 1.96 bits per heavy atom. The fourth-order valence-corrected chi connectivity index (χ4v) is 3.40. The van der Waals surface area contributed by atoms with Gasteiger partial charge in [0.15, 0.2) is 23.2 Å². The van der Waals surface area contributed by atoms with Crippen molar-refractivity contribution in [2.24, 2.45) is 10.7 Å². The fourth-order valence-electron chi connectivity index (χ4n) is 3.04. The summed E-state index contributed by atoms with van der Waals surface area (Å²) in [6.07, 6.45) is 1.24. The number of nitrogens with one attached hydrogen (secondary N) is 2. The minimum Gasteiger partial charge on any atom is -0.367 e. The average molecular weight is 437 g/mol. The van der Waals surface area contributed by atoms with E-state index in [1.165, 1.54) is 12.4 Å². The number of carbonyl (C=O) groups is 2. The van der Waals surface area contributed by atoms with Crippen LogP contribution in [0, 0.1) is 18.6 Å². The zero-order valence-corrected chi connectivity index (χ0v) is 15.7. The van der Waals surface area contributed by atoms with Crippen LogP contribution in [0.1, 0.15) is 11.1 Å². The number of aryl methyl sites for hydroxylation is 1. The first-order chi connectivity index (χ1) is 12.8. The molecule has 2 unspecified atom stereocenters. The molecule has 0 radical (unpaired) electrons. The molecule has 2 amide bonds. The third-order valence-electron chi connectivity index (χ3n) is 4.37. The van der Waals surface area contributed by atoms with E-state index in [0.717, 1.165) is 17.7 Å². The number of aliphatic imine (C=N–C) groups is 1. The molecule has 0 fully saturated rings. The number of nitrogens with two attached hydrogens (primary N) is 1. The topological polar surface area (TPSA) is 96.6 Å². The molecule has 140 valence electrons. The summed E-state index contributed by atoms with van der Waals surface area (Å²) < 4.78 is 27.2. The molecule has 0 saturated carbocycles. The number of halogens is 3. The lowest BCUT2D eigenvalue weighted by Gasteiger charge is -2.32. The van der Waals surface area contributed by atoms with Gasteiger partial charge in [-0.25, -0.2) is 8.78 Å². The molecule has 1 aliphatic heterocycles. The van der Waals surface area contributed by atoms with Crippen LogP contribution >= 0.6 is 15.9 Å². The molecule has 0 saturated heterocycles. The Morgan fingerprint density at radius 3 is 2.63 bits per heavy atom. The lowest BCUT2D eigenvalue weighted by molar-refractivity contribution is -0.129. The summed E-state index contributed by atoms with van der Waals surface area (Å²) in [5.41, 5.74) is 5.28. The van der Waals surface area contributed by atoms with Crippen molar-refractivity contribution in [2.45, 2.75) is 18.5 Å². The number of carbonyl (C=O) groups excluding carboxylic acids is 2. The van der Waals surface area contributed by atoms with Crippen molar-refractivity contribution in [1.29, 1.82) is 0 Å². The number of hydrogen-bond donors (Lipinski definition) is 3. The van der Waals surface area contributed by atoms with E-state index in [9.17, 15) is 18.4 Å². The number of hydrogen-bond acceptors (Lipinski definition) is 4. The molecule has 2 aromatic carbocycles.